The molecule has 1 aliphatic heterocycles. The predicted molar refractivity (Wildman–Crippen MR) is 110 cm³/mol. The lowest BCUT2D eigenvalue weighted by Crippen LogP contribution is -2.30. The molecule has 3 aromatic rings. The number of nitrogens with zero attached hydrogens (tertiary/aromatic N) is 3. The fourth-order valence-electron chi connectivity index (χ4n) is 3.40. The maximum Gasteiger partial charge on any atom is 0.229 e. The van der Waals surface area contributed by atoms with Gasteiger partial charge >= 0.3 is 0 Å². The van der Waals surface area contributed by atoms with E-state index in [1.165, 1.54) is 19.3 Å². The summed E-state index contributed by atoms with van der Waals surface area (Å²) >= 11 is 0. The molecule has 27 heavy (non-hydrogen) atoms. The van der Waals surface area contributed by atoms with E-state index in [1.807, 2.05) is 42.5 Å². The minimum Gasteiger partial charge on any atom is -0.495 e. The van der Waals surface area contributed by atoms with Gasteiger partial charge in [0, 0.05) is 24.7 Å². The van der Waals surface area contributed by atoms with E-state index in [0.717, 1.165) is 41.6 Å². The van der Waals surface area contributed by atoms with E-state index < -0.39 is 0 Å². The maximum absolute atomic E-state index is 5.45. The van der Waals surface area contributed by atoms with Crippen molar-refractivity contribution in [2.24, 2.45) is 0 Å². The fourth-order valence-corrected chi connectivity index (χ4v) is 3.40. The van der Waals surface area contributed by atoms with Gasteiger partial charge in [-0.2, -0.15) is 4.98 Å². The van der Waals surface area contributed by atoms with Gasteiger partial charge in [0.2, 0.25) is 5.95 Å². The first-order valence-corrected chi connectivity index (χ1v) is 9.43. The Bertz CT molecular complexity index is 892. The van der Waals surface area contributed by atoms with Crippen molar-refractivity contribution in [2.75, 3.05) is 30.4 Å². The predicted octanol–water partition coefficient (Wildman–Crippen LogP) is 4.89. The lowest BCUT2D eigenvalue weighted by molar-refractivity contribution is 0.417. The van der Waals surface area contributed by atoms with Gasteiger partial charge in [-0.15, -0.1) is 0 Å². The van der Waals surface area contributed by atoms with Gasteiger partial charge in [-0.25, -0.2) is 4.98 Å². The molecule has 0 radical (unpaired) electrons. The Kier molecular flexibility index (Phi) is 5.19. The van der Waals surface area contributed by atoms with Crippen LogP contribution >= 0.6 is 0 Å². The van der Waals surface area contributed by atoms with Crippen LogP contribution < -0.4 is 15.0 Å². The highest BCUT2D eigenvalue weighted by atomic mass is 16.5. The highest BCUT2D eigenvalue weighted by Crippen LogP contribution is 2.29. The minimum absolute atomic E-state index is 0.585. The molecule has 1 aliphatic rings. The van der Waals surface area contributed by atoms with Gasteiger partial charge in [0.05, 0.1) is 18.5 Å². The van der Waals surface area contributed by atoms with E-state index in [9.17, 15) is 0 Å². The SMILES string of the molecule is COc1ccccc1Nc1nc(-c2ccccc2)cc(N2CCCCC2)n1. The van der Waals surface area contributed by atoms with Gasteiger partial charge in [0.25, 0.3) is 0 Å². The van der Waals surface area contributed by atoms with Crippen molar-refractivity contribution in [1.29, 1.82) is 0 Å². The van der Waals surface area contributed by atoms with E-state index in [4.69, 9.17) is 14.7 Å². The maximum atomic E-state index is 5.45. The third kappa shape index (κ3) is 4.03. The zero-order valence-electron chi connectivity index (χ0n) is 15.6. The summed E-state index contributed by atoms with van der Waals surface area (Å²) in [5.74, 6) is 2.33. The van der Waals surface area contributed by atoms with E-state index in [-0.39, 0.29) is 0 Å². The number of aromatic nitrogens is 2. The van der Waals surface area contributed by atoms with Crippen molar-refractivity contribution in [3.05, 3.63) is 60.7 Å². The van der Waals surface area contributed by atoms with Gasteiger partial charge in [0.15, 0.2) is 0 Å². The molecule has 0 atom stereocenters. The quantitative estimate of drug-likeness (QED) is 0.702. The summed E-state index contributed by atoms with van der Waals surface area (Å²) in [5, 5.41) is 3.34. The highest BCUT2D eigenvalue weighted by Gasteiger charge is 2.16. The summed E-state index contributed by atoms with van der Waals surface area (Å²) in [6, 6.07) is 20.1. The number of piperidine rings is 1. The number of nitrogens with one attached hydrogen (secondary N) is 1. The Hall–Kier alpha value is -3.08. The number of methoxy groups -OCH3 is 1. The van der Waals surface area contributed by atoms with Gasteiger partial charge in [-0.05, 0) is 31.4 Å². The van der Waals surface area contributed by atoms with Crippen molar-refractivity contribution in [1.82, 2.24) is 9.97 Å². The molecule has 0 aliphatic carbocycles. The summed E-state index contributed by atoms with van der Waals surface area (Å²) < 4.78 is 5.45. The van der Waals surface area contributed by atoms with E-state index in [1.54, 1.807) is 7.11 Å². The van der Waals surface area contributed by atoms with Crippen molar-refractivity contribution in [2.45, 2.75) is 19.3 Å². The Morgan fingerprint density at radius 2 is 1.63 bits per heavy atom. The first-order valence-electron chi connectivity index (χ1n) is 9.43. The van der Waals surface area contributed by atoms with Crippen molar-refractivity contribution < 1.29 is 4.74 Å². The second-order valence-electron chi connectivity index (χ2n) is 6.67. The zero-order valence-corrected chi connectivity index (χ0v) is 15.6. The second-order valence-corrected chi connectivity index (χ2v) is 6.67. The van der Waals surface area contributed by atoms with Crippen LogP contribution in [-0.2, 0) is 0 Å². The number of rotatable bonds is 5. The Balaban J connectivity index is 1.73. The Morgan fingerprint density at radius 3 is 2.41 bits per heavy atom. The molecule has 2 heterocycles. The molecule has 0 unspecified atom stereocenters. The van der Waals surface area contributed by atoms with Crippen LogP contribution in [0.4, 0.5) is 17.5 Å². The summed E-state index contributed by atoms with van der Waals surface area (Å²) in [7, 11) is 1.67. The van der Waals surface area contributed by atoms with Crippen LogP contribution in [0.3, 0.4) is 0 Å². The first kappa shape index (κ1) is 17.3. The summed E-state index contributed by atoms with van der Waals surface area (Å²) in [4.78, 5) is 11.9. The van der Waals surface area contributed by atoms with Crippen LogP contribution in [0.15, 0.2) is 60.7 Å². The molecule has 1 saturated heterocycles. The molecule has 1 aromatic heterocycles. The normalized spacial score (nSPS) is 14.0. The molecule has 1 N–H and O–H groups in total. The van der Waals surface area contributed by atoms with Crippen molar-refractivity contribution in [3.8, 4) is 17.0 Å². The van der Waals surface area contributed by atoms with Gasteiger partial charge in [-0.3, -0.25) is 0 Å². The van der Waals surface area contributed by atoms with Crippen LogP contribution in [0.25, 0.3) is 11.3 Å². The van der Waals surface area contributed by atoms with E-state index in [2.05, 4.69) is 28.4 Å². The van der Waals surface area contributed by atoms with Crippen LogP contribution in [0.2, 0.25) is 0 Å². The van der Waals surface area contributed by atoms with Crippen molar-refractivity contribution in [3.63, 3.8) is 0 Å². The standard InChI is InChI=1S/C22H24N4O/c1-27-20-13-7-6-12-18(20)23-22-24-19(17-10-4-2-5-11-17)16-21(25-22)26-14-8-3-9-15-26/h2,4-7,10-13,16H,3,8-9,14-15H2,1H3,(H,23,24,25). The van der Waals surface area contributed by atoms with Gasteiger partial charge in [0.1, 0.15) is 11.6 Å². The second kappa shape index (κ2) is 8.08. The third-order valence-electron chi connectivity index (χ3n) is 4.82. The molecule has 138 valence electrons. The number of ether oxygens (including phenoxy) is 1. The molecule has 5 nitrogen and oxygen atoms in total. The highest BCUT2D eigenvalue weighted by molar-refractivity contribution is 5.68. The molecule has 0 bridgehead atoms. The molecule has 0 amide bonds. The number of anilines is 3. The third-order valence-corrected chi connectivity index (χ3v) is 4.82. The van der Waals surface area contributed by atoms with Crippen LogP contribution in [0.1, 0.15) is 19.3 Å². The summed E-state index contributed by atoms with van der Waals surface area (Å²) in [6.07, 6.45) is 3.71. The van der Waals surface area contributed by atoms with E-state index >= 15 is 0 Å². The molecular formula is C22H24N4O. The molecule has 4 rings (SSSR count). The lowest BCUT2D eigenvalue weighted by Gasteiger charge is -2.28. The first-order chi connectivity index (χ1) is 13.3. The topological polar surface area (TPSA) is 50.3 Å². The number of hydrogen-bond acceptors (Lipinski definition) is 5. The molecule has 5 heteroatoms. The van der Waals surface area contributed by atoms with Gasteiger partial charge in [-0.1, -0.05) is 42.5 Å². The zero-order chi connectivity index (χ0) is 18.5. The number of benzene rings is 2. The largest absolute Gasteiger partial charge is 0.495 e. The summed E-state index contributed by atoms with van der Waals surface area (Å²) in [5.41, 5.74) is 2.86. The monoisotopic (exact) mass is 360 g/mol. The molecule has 1 fully saturated rings. The summed E-state index contributed by atoms with van der Waals surface area (Å²) in [6.45, 7) is 2.08. The average molecular weight is 360 g/mol. The fraction of sp³-hybridized carbons (Fsp3) is 0.273. The molecular weight excluding hydrogens is 336 g/mol. The average Bonchev–Trinajstić information content (AvgIpc) is 2.75. The van der Waals surface area contributed by atoms with Crippen LogP contribution in [-0.4, -0.2) is 30.2 Å². The Labute approximate surface area is 160 Å². The van der Waals surface area contributed by atoms with Gasteiger partial charge < -0.3 is 15.0 Å². The number of hydrogen-bond donors (Lipinski definition) is 1. The minimum atomic E-state index is 0.585. The smallest absolute Gasteiger partial charge is 0.229 e. The van der Waals surface area contributed by atoms with E-state index in [0.29, 0.717) is 5.95 Å². The molecule has 0 saturated carbocycles. The van der Waals surface area contributed by atoms with Crippen LogP contribution in [0, 0.1) is 0 Å². The molecule has 0 spiro atoms. The Morgan fingerprint density at radius 1 is 0.889 bits per heavy atom. The van der Waals surface area contributed by atoms with Crippen LogP contribution in [0.5, 0.6) is 5.75 Å². The number of para-hydroxylation sites is 2. The lowest BCUT2D eigenvalue weighted by atomic mass is 10.1. The van der Waals surface area contributed by atoms with Crippen molar-refractivity contribution >= 4 is 17.5 Å². The molecule has 2 aromatic carbocycles.